The molecular weight excluding hydrogens is 236 g/mol. The van der Waals surface area contributed by atoms with Crippen molar-refractivity contribution in [1.82, 2.24) is 4.98 Å². The van der Waals surface area contributed by atoms with E-state index in [0.29, 0.717) is 6.61 Å². The molecule has 0 amide bonds. The Morgan fingerprint density at radius 3 is 2.89 bits per heavy atom. The zero-order chi connectivity index (χ0) is 13.3. The van der Waals surface area contributed by atoms with Gasteiger partial charge in [0.1, 0.15) is 5.82 Å². The number of aromatic nitrogens is 1. The van der Waals surface area contributed by atoms with Crippen LogP contribution in [0, 0.1) is 5.92 Å². The molecule has 1 saturated carbocycles. The molecule has 3 nitrogen and oxygen atoms in total. The van der Waals surface area contributed by atoms with Crippen LogP contribution in [0.1, 0.15) is 51.1 Å². The second-order valence-electron chi connectivity index (χ2n) is 5.46. The van der Waals surface area contributed by atoms with Crippen molar-refractivity contribution in [2.24, 2.45) is 5.92 Å². The Morgan fingerprint density at radius 2 is 2.11 bits per heavy atom. The van der Waals surface area contributed by atoms with Gasteiger partial charge in [-0.2, -0.15) is 0 Å². The summed E-state index contributed by atoms with van der Waals surface area (Å²) in [6, 6.07) is 6.10. The van der Waals surface area contributed by atoms with Crippen LogP contribution in [0.2, 0.25) is 0 Å². The van der Waals surface area contributed by atoms with Crippen LogP contribution in [-0.2, 0) is 11.3 Å². The van der Waals surface area contributed by atoms with E-state index in [-0.39, 0.29) is 0 Å². The highest BCUT2D eigenvalue weighted by molar-refractivity contribution is 5.34. The highest BCUT2D eigenvalue weighted by atomic mass is 16.5. The molecule has 0 aromatic carbocycles. The van der Waals surface area contributed by atoms with Gasteiger partial charge in [-0.25, -0.2) is 4.98 Å². The summed E-state index contributed by atoms with van der Waals surface area (Å²) >= 11 is 0. The molecule has 3 heteroatoms. The molecule has 106 valence electrons. The maximum Gasteiger partial charge on any atom is 0.126 e. The van der Waals surface area contributed by atoms with Gasteiger partial charge >= 0.3 is 0 Å². The predicted octanol–water partition coefficient (Wildman–Crippen LogP) is 4.00. The van der Waals surface area contributed by atoms with Crippen LogP contribution >= 0.6 is 0 Å². The van der Waals surface area contributed by atoms with Crippen LogP contribution in [0.3, 0.4) is 0 Å². The number of anilines is 1. The summed E-state index contributed by atoms with van der Waals surface area (Å²) in [5.41, 5.74) is 1.02. The zero-order valence-electron chi connectivity index (χ0n) is 12.0. The summed E-state index contributed by atoms with van der Waals surface area (Å²) in [6.07, 6.45) is 7.95. The zero-order valence-corrected chi connectivity index (χ0v) is 12.0. The Kier molecular flexibility index (Phi) is 6.15. The summed E-state index contributed by atoms with van der Waals surface area (Å²) in [6.45, 7) is 4.66. The minimum Gasteiger partial charge on any atom is -0.375 e. The van der Waals surface area contributed by atoms with E-state index in [9.17, 15) is 0 Å². The van der Waals surface area contributed by atoms with E-state index in [1.807, 2.05) is 18.2 Å². The summed E-state index contributed by atoms with van der Waals surface area (Å²) in [5, 5.41) is 3.31. The third kappa shape index (κ3) is 5.19. The van der Waals surface area contributed by atoms with E-state index >= 15 is 0 Å². The molecule has 0 unspecified atom stereocenters. The van der Waals surface area contributed by atoms with Crippen molar-refractivity contribution < 1.29 is 4.74 Å². The third-order valence-electron chi connectivity index (χ3n) is 3.69. The smallest absolute Gasteiger partial charge is 0.126 e. The molecule has 0 radical (unpaired) electrons. The number of hydrogen-bond donors (Lipinski definition) is 1. The van der Waals surface area contributed by atoms with E-state index in [4.69, 9.17) is 4.74 Å². The first-order chi connectivity index (χ1) is 9.38. The van der Waals surface area contributed by atoms with Gasteiger partial charge in [-0.15, -0.1) is 0 Å². The van der Waals surface area contributed by atoms with Gasteiger partial charge in [0.25, 0.3) is 0 Å². The Balaban J connectivity index is 1.72. The summed E-state index contributed by atoms with van der Waals surface area (Å²) in [7, 11) is 0. The van der Waals surface area contributed by atoms with E-state index in [1.54, 1.807) is 0 Å². The molecule has 0 aliphatic heterocycles. The number of rotatable bonds is 7. The summed E-state index contributed by atoms with van der Waals surface area (Å²) in [4.78, 5) is 4.56. The Morgan fingerprint density at radius 1 is 1.26 bits per heavy atom. The van der Waals surface area contributed by atoms with E-state index in [2.05, 4.69) is 17.2 Å². The van der Waals surface area contributed by atoms with Gasteiger partial charge in [-0.05, 0) is 37.3 Å². The molecular formula is C16H26N2O. The second kappa shape index (κ2) is 8.16. The Hall–Kier alpha value is -1.09. The van der Waals surface area contributed by atoms with Crippen molar-refractivity contribution in [3.63, 3.8) is 0 Å². The van der Waals surface area contributed by atoms with Gasteiger partial charge < -0.3 is 10.1 Å². The fraction of sp³-hybridized carbons (Fsp3) is 0.688. The van der Waals surface area contributed by atoms with Crippen molar-refractivity contribution in [1.29, 1.82) is 0 Å². The fourth-order valence-electron chi connectivity index (χ4n) is 2.60. The Labute approximate surface area is 116 Å². The van der Waals surface area contributed by atoms with Crippen LogP contribution in [0.15, 0.2) is 18.2 Å². The normalized spacial score (nSPS) is 16.5. The Bertz CT molecular complexity index is 362. The van der Waals surface area contributed by atoms with Crippen molar-refractivity contribution in [3.05, 3.63) is 23.9 Å². The molecule has 1 N–H and O–H groups in total. The monoisotopic (exact) mass is 262 g/mol. The minimum absolute atomic E-state index is 0.637. The lowest BCUT2D eigenvalue weighted by Crippen LogP contribution is -2.13. The molecule has 1 fully saturated rings. The average Bonchev–Trinajstić information content (AvgIpc) is 2.47. The molecule has 1 aromatic rings. The molecule has 0 atom stereocenters. The average molecular weight is 262 g/mol. The van der Waals surface area contributed by atoms with Crippen molar-refractivity contribution in [2.45, 2.75) is 52.1 Å². The van der Waals surface area contributed by atoms with E-state index in [1.165, 1.54) is 32.1 Å². The van der Waals surface area contributed by atoms with Crippen molar-refractivity contribution >= 4 is 5.82 Å². The molecule has 0 bridgehead atoms. The van der Waals surface area contributed by atoms with Crippen LogP contribution < -0.4 is 5.32 Å². The summed E-state index contributed by atoms with van der Waals surface area (Å²) < 4.78 is 5.83. The van der Waals surface area contributed by atoms with E-state index in [0.717, 1.165) is 37.0 Å². The predicted molar refractivity (Wildman–Crippen MR) is 79.2 cm³/mol. The second-order valence-corrected chi connectivity index (χ2v) is 5.46. The molecule has 0 spiro atoms. The number of nitrogens with one attached hydrogen (secondary N) is 1. The third-order valence-corrected chi connectivity index (χ3v) is 3.69. The first-order valence-corrected chi connectivity index (χ1v) is 7.66. The summed E-state index contributed by atoms with van der Waals surface area (Å²) in [5.74, 6) is 1.73. The topological polar surface area (TPSA) is 34.1 Å². The first-order valence-electron chi connectivity index (χ1n) is 7.66. The largest absolute Gasteiger partial charge is 0.375 e. The van der Waals surface area contributed by atoms with Crippen LogP contribution in [0.25, 0.3) is 0 Å². The van der Waals surface area contributed by atoms with Gasteiger partial charge in [0.2, 0.25) is 0 Å². The van der Waals surface area contributed by atoms with Crippen molar-refractivity contribution in [3.8, 4) is 0 Å². The van der Waals surface area contributed by atoms with Crippen LogP contribution in [-0.4, -0.2) is 18.1 Å². The van der Waals surface area contributed by atoms with Crippen LogP contribution in [0.5, 0.6) is 0 Å². The van der Waals surface area contributed by atoms with Gasteiger partial charge in [-0.1, -0.05) is 32.3 Å². The first kappa shape index (κ1) is 14.3. The lowest BCUT2D eigenvalue weighted by molar-refractivity contribution is 0.0721. The van der Waals surface area contributed by atoms with E-state index < -0.39 is 0 Å². The molecule has 19 heavy (non-hydrogen) atoms. The maximum atomic E-state index is 5.83. The molecule has 1 aliphatic rings. The van der Waals surface area contributed by atoms with Crippen LogP contribution in [0.4, 0.5) is 5.82 Å². The minimum atomic E-state index is 0.637. The van der Waals surface area contributed by atoms with Gasteiger partial charge in [-0.3, -0.25) is 0 Å². The number of ether oxygens (including phenoxy) is 1. The molecule has 1 aromatic heterocycles. The standard InChI is InChI=1S/C16H26N2O/c1-2-11-17-16-10-6-9-15(18-16)13-19-12-14-7-4-3-5-8-14/h6,9-10,14H,2-5,7-8,11-13H2,1H3,(H,17,18). The SMILES string of the molecule is CCCNc1cccc(COCC2CCCCC2)n1. The highest BCUT2D eigenvalue weighted by Gasteiger charge is 2.13. The van der Waals surface area contributed by atoms with Crippen molar-refractivity contribution in [2.75, 3.05) is 18.5 Å². The number of hydrogen-bond acceptors (Lipinski definition) is 3. The molecule has 0 saturated heterocycles. The lowest BCUT2D eigenvalue weighted by atomic mass is 9.90. The lowest BCUT2D eigenvalue weighted by Gasteiger charge is -2.21. The molecule has 2 rings (SSSR count). The van der Waals surface area contributed by atoms with Gasteiger partial charge in [0.05, 0.1) is 12.3 Å². The number of nitrogens with zero attached hydrogens (tertiary/aromatic N) is 1. The maximum absolute atomic E-state index is 5.83. The highest BCUT2D eigenvalue weighted by Crippen LogP contribution is 2.23. The quantitative estimate of drug-likeness (QED) is 0.806. The number of pyridine rings is 1. The van der Waals surface area contributed by atoms with Gasteiger partial charge in [0, 0.05) is 13.2 Å². The fourth-order valence-corrected chi connectivity index (χ4v) is 2.60. The van der Waals surface area contributed by atoms with Gasteiger partial charge in [0.15, 0.2) is 0 Å². The molecule has 1 heterocycles. The molecule has 1 aliphatic carbocycles.